The Balaban J connectivity index is 1.75. The molecule has 7 nitrogen and oxygen atoms in total. The predicted octanol–water partition coefficient (Wildman–Crippen LogP) is 0.702. The molecule has 1 aromatic rings. The standard InChI is InChI=1S/C14H20N4O3S/c1-9(2)7-18-8-10(5-12(18)20)13(21)16-6-11(19)17-14-15-3-4-22-14/h3-4,9-10H,5-8H2,1-2H3,(H,16,21)(H,15,17,19)/t10-/m0/s1. The maximum atomic E-state index is 12.0. The monoisotopic (exact) mass is 324 g/mol. The lowest BCUT2D eigenvalue weighted by Gasteiger charge is -2.18. The lowest BCUT2D eigenvalue weighted by atomic mass is 10.1. The average molecular weight is 324 g/mol. The highest BCUT2D eigenvalue weighted by Crippen LogP contribution is 2.19. The number of amides is 3. The Labute approximate surface area is 133 Å². The Bertz CT molecular complexity index is 544. The summed E-state index contributed by atoms with van der Waals surface area (Å²) in [6.45, 7) is 5.03. The fourth-order valence-electron chi connectivity index (χ4n) is 2.33. The van der Waals surface area contributed by atoms with Crippen molar-refractivity contribution in [1.82, 2.24) is 15.2 Å². The van der Waals surface area contributed by atoms with Crippen molar-refractivity contribution >= 4 is 34.2 Å². The van der Waals surface area contributed by atoms with Crippen LogP contribution in [0.4, 0.5) is 5.13 Å². The minimum absolute atomic E-state index is 0.00101. The first kappa shape index (κ1) is 16.4. The van der Waals surface area contributed by atoms with Crippen LogP contribution in [0.1, 0.15) is 20.3 Å². The summed E-state index contributed by atoms with van der Waals surface area (Å²) >= 11 is 1.31. The van der Waals surface area contributed by atoms with Gasteiger partial charge in [0.2, 0.25) is 17.7 Å². The molecule has 120 valence electrons. The molecule has 1 aliphatic rings. The predicted molar refractivity (Wildman–Crippen MR) is 83.3 cm³/mol. The number of likely N-dealkylation sites (tertiary alicyclic amines) is 1. The van der Waals surface area contributed by atoms with Crippen molar-refractivity contribution in [1.29, 1.82) is 0 Å². The van der Waals surface area contributed by atoms with E-state index in [4.69, 9.17) is 0 Å². The van der Waals surface area contributed by atoms with E-state index in [0.29, 0.717) is 24.1 Å². The van der Waals surface area contributed by atoms with E-state index >= 15 is 0 Å². The van der Waals surface area contributed by atoms with Crippen molar-refractivity contribution in [2.75, 3.05) is 25.0 Å². The summed E-state index contributed by atoms with van der Waals surface area (Å²) < 4.78 is 0. The summed E-state index contributed by atoms with van der Waals surface area (Å²) in [5, 5.41) is 7.42. The van der Waals surface area contributed by atoms with E-state index in [1.54, 1.807) is 16.5 Å². The van der Waals surface area contributed by atoms with E-state index in [-0.39, 0.29) is 36.6 Å². The molecule has 2 N–H and O–H groups in total. The highest BCUT2D eigenvalue weighted by atomic mass is 32.1. The quantitative estimate of drug-likeness (QED) is 0.806. The summed E-state index contributed by atoms with van der Waals surface area (Å²) in [5.41, 5.74) is 0. The van der Waals surface area contributed by atoms with E-state index in [1.807, 2.05) is 13.8 Å². The maximum Gasteiger partial charge on any atom is 0.245 e. The van der Waals surface area contributed by atoms with Gasteiger partial charge in [0, 0.05) is 31.1 Å². The first-order valence-corrected chi connectivity index (χ1v) is 8.08. The molecule has 0 radical (unpaired) electrons. The van der Waals surface area contributed by atoms with Crippen LogP contribution >= 0.6 is 11.3 Å². The molecule has 1 atom stereocenters. The van der Waals surface area contributed by atoms with Crippen molar-refractivity contribution in [3.63, 3.8) is 0 Å². The zero-order valence-corrected chi connectivity index (χ0v) is 13.5. The van der Waals surface area contributed by atoms with Gasteiger partial charge in [-0.1, -0.05) is 13.8 Å². The van der Waals surface area contributed by atoms with Crippen LogP contribution in [0.3, 0.4) is 0 Å². The van der Waals surface area contributed by atoms with Crippen LogP contribution in [-0.2, 0) is 14.4 Å². The van der Waals surface area contributed by atoms with Crippen LogP contribution in [0.25, 0.3) is 0 Å². The molecule has 0 unspecified atom stereocenters. The summed E-state index contributed by atoms with van der Waals surface area (Å²) in [7, 11) is 0. The third kappa shape index (κ3) is 4.52. The highest BCUT2D eigenvalue weighted by molar-refractivity contribution is 7.13. The van der Waals surface area contributed by atoms with Crippen LogP contribution in [0.15, 0.2) is 11.6 Å². The molecular weight excluding hydrogens is 304 g/mol. The van der Waals surface area contributed by atoms with E-state index in [1.165, 1.54) is 11.3 Å². The molecule has 3 amide bonds. The Hall–Kier alpha value is -1.96. The van der Waals surface area contributed by atoms with E-state index < -0.39 is 0 Å². The molecule has 0 spiro atoms. The minimum Gasteiger partial charge on any atom is -0.347 e. The number of hydrogen-bond acceptors (Lipinski definition) is 5. The molecule has 0 aromatic carbocycles. The van der Waals surface area contributed by atoms with Crippen LogP contribution in [0.2, 0.25) is 0 Å². The topological polar surface area (TPSA) is 91.4 Å². The second kappa shape index (κ2) is 7.35. The molecule has 1 saturated heterocycles. The molecular formula is C14H20N4O3S. The van der Waals surface area contributed by atoms with Crippen molar-refractivity contribution in [2.45, 2.75) is 20.3 Å². The number of carbonyl (C=O) groups excluding carboxylic acids is 3. The van der Waals surface area contributed by atoms with Crippen molar-refractivity contribution in [3.05, 3.63) is 11.6 Å². The zero-order chi connectivity index (χ0) is 16.1. The average Bonchev–Trinajstić information content (AvgIpc) is 3.06. The normalized spacial score (nSPS) is 17.9. The van der Waals surface area contributed by atoms with Gasteiger partial charge in [-0.25, -0.2) is 4.98 Å². The van der Waals surface area contributed by atoms with E-state index in [2.05, 4.69) is 15.6 Å². The summed E-state index contributed by atoms with van der Waals surface area (Å²) in [6, 6.07) is 0. The smallest absolute Gasteiger partial charge is 0.245 e. The van der Waals surface area contributed by atoms with Gasteiger partial charge in [-0.05, 0) is 5.92 Å². The van der Waals surface area contributed by atoms with Crippen LogP contribution in [-0.4, -0.2) is 47.2 Å². The minimum atomic E-state index is -0.376. The lowest BCUT2D eigenvalue weighted by Crippen LogP contribution is -2.38. The SMILES string of the molecule is CC(C)CN1C[C@@H](C(=O)NCC(=O)Nc2nccs2)CC1=O. The number of thiazole rings is 1. The third-order valence-electron chi connectivity index (χ3n) is 3.27. The Morgan fingerprint density at radius 3 is 2.91 bits per heavy atom. The highest BCUT2D eigenvalue weighted by Gasteiger charge is 2.34. The Kier molecular flexibility index (Phi) is 5.48. The molecule has 0 aliphatic carbocycles. The first-order valence-electron chi connectivity index (χ1n) is 7.20. The molecule has 1 fully saturated rings. The number of aromatic nitrogens is 1. The molecule has 1 aromatic heterocycles. The fraction of sp³-hybridized carbons (Fsp3) is 0.571. The van der Waals surface area contributed by atoms with Crippen molar-refractivity contribution in [3.8, 4) is 0 Å². The number of rotatable bonds is 6. The van der Waals surface area contributed by atoms with Gasteiger partial charge in [-0.3, -0.25) is 14.4 Å². The maximum absolute atomic E-state index is 12.0. The van der Waals surface area contributed by atoms with Crippen molar-refractivity contribution < 1.29 is 14.4 Å². The number of nitrogens with zero attached hydrogens (tertiary/aromatic N) is 2. The number of anilines is 1. The zero-order valence-electron chi connectivity index (χ0n) is 12.7. The third-order valence-corrected chi connectivity index (χ3v) is 3.96. The van der Waals surface area contributed by atoms with Gasteiger partial charge in [0.25, 0.3) is 0 Å². The molecule has 2 heterocycles. The molecule has 8 heteroatoms. The molecule has 22 heavy (non-hydrogen) atoms. The summed E-state index contributed by atoms with van der Waals surface area (Å²) in [6.07, 6.45) is 1.80. The van der Waals surface area contributed by atoms with E-state index in [0.717, 1.165) is 0 Å². The molecule has 0 saturated carbocycles. The van der Waals surface area contributed by atoms with Gasteiger partial charge < -0.3 is 15.5 Å². The number of hydrogen-bond donors (Lipinski definition) is 2. The molecule has 1 aliphatic heterocycles. The number of carbonyl (C=O) groups is 3. The molecule has 0 bridgehead atoms. The first-order chi connectivity index (χ1) is 10.5. The van der Waals surface area contributed by atoms with Crippen molar-refractivity contribution in [2.24, 2.45) is 11.8 Å². The van der Waals surface area contributed by atoms with Crippen LogP contribution in [0.5, 0.6) is 0 Å². The van der Waals surface area contributed by atoms with Crippen LogP contribution in [0, 0.1) is 11.8 Å². The second-order valence-electron chi connectivity index (χ2n) is 5.70. The summed E-state index contributed by atoms with van der Waals surface area (Å²) in [5.74, 6) is -0.588. The van der Waals surface area contributed by atoms with Gasteiger partial charge in [0.15, 0.2) is 5.13 Å². The second-order valence-corrected chi connectivity index (χ2v) is 6.59. The lowest BCUT2D eigenvalue weighted by molar-refractivity contribution is -0.129. The summed E-state index contributed by atoms with van der Waals surface area (Å²) in [4.78, 5) is 41.2. The molecule has 2 rings (SSSR count). The van der Waals surface area contributed by atoms with Crippen LogP contribution < -0.4 is 10.6 Å². The van der Waals surface area contributed by atoms with Gasteiger partial charge >= 0.3 is 0 Å². The number of nitrogens with one attached hydrogen (secondary N) is 2. The largest absolute Gasteiger partial charge is 0.347 e. The fourth-order valence-corrected chi connectivity index (χ4v) is 2.87. The van der Waals surface area contributed by atoms with Gasteiger partial charge in [0.1, 0.15) is 0 Å². The Morgan fingerprint density at radius 1 is 1.50 bits per heavy atom. The van der Waals surface area contributed by atoms with Gasteiger partial charge in [-0.15, -0.1) is 11.3 Å². The van der Waals surface area contributed by atoms with Gasteiger partial charge in [-0.2, -0.15) is 0 Å². The Morgan fingerprint density at radius 2 is 2.27 bits per heavy atom. The van der Waals surface area contributed by atoms with E-state index in [9.17, 15) is 14.4 Å². The van der Waals surface area contributed by atoms with Gasteiger partial charge in [0.05, 0.1) is 12.5 Å².